The maximum absolute atomic E-state index is 4.43. The van der Waals surface area contributed by atoms with Crippen LogP contribution in [0.4, 0.5) is 11.9 Å². The summed E-state index contributed by atoms with van der Waals surface area (Å²) < 4.78 is 1.52. The fourth-order valence-corrected chi connectivity index (χ4v) is 3.43. The minimum absolute atomic E-state index is 0.399. The molecule has 3 rings (SSSR count). The van der Waals surface area contributed by atoms with E-state index in [0.29, 0.717) is 29.1 Å². The van der Waals surface area contributed by atoms with E-state index in [1.54, 1.807) is 13.4 Å². The van der Waals surface area contributed by atoms with E-state index >= 15 is 0 Å². The summed E-state index contributed by atoms with van der Waals surface area (Å²) in [5, 5.41) is 11.1. The van der Waals surface area contributed by atoms with Crippen molar-refractivity contribution in [2.24, 2.45) is 0 Å². The normalized spacial score (nSPS) is 21.4. The Bertz CT molecular complexity index is 587. The minimum Gasteiger partial charge on any atom is -0.357 e. The zero-order chi connectivity index (χ0) is 14.7. The summed E-state index contributed by atoms with van der Waals surface area (Å²) in [6.07, 6.45) is 8.79. The van der Waals surface area contributed by atoms with Crippen LogP contribution in [-0.4, -0.2) is 54.3 Å². The first-order valence-electron chi connectivity index (χ1n) is 6.88. The van der Waals surface area contributed by atoms with E-state index in [9.17, 15) is 0 Å². The molecule has 0 saturated heterocycles. The molecule has 1 saturated carbocycles. The third kappa shape index (κ3) is 3.07. The van der Waals surface area contributed by atoms with Gasteiger partial charge in [-0.15, -0.1) is 0 Å². The van der Waals surface area contributed by atoms with Gasteiger partial charge in [-0.3, -0.25) is 0 Å². The quantitative estimate of drug-likeness (QED) is 0.851. The van der Waals surface area contributed by atoms with Crippen LogP contribution in [0.15, 0.2) is 12.7 Å². The molecule has 0 aliphatic heterocycles. The van der Waals surface area contributed by atoms with Gasteiger partial charge in [-0.2, -0.15) is 36.5 Å². The van der Waals surface area contributed by atoms with Crippen LogP contribution in [0, 0.1) is 0 Å². The summed E-state index contributed by atoms with van der Waals surface area (Å²) >= 11 is 1.89. The molecule has 1 fully saturated rings. The Morgan fingerprint density at radius 2 is 2.10 bits per heavy atom. The second kappa shape index (κ2) is 6.25. The fourth-order valence-electron chi connectivity index (χ4n) is 2.49. The molecule has 21 heavy (non-hydrogen) atoms. The summed E-state index contributed by atoms with van der Waals surface area (Å²) in [6.45, 7) is 0. The van der Waals surface area contributed by atoms with Gasteiger partial charge in [-0.05, 0) is 19.1 Å². The number of thioether (sulfide) groups is 1. The van der Waals surface area contributed by atoms with Crippen molar-refractivity contribution < 1.29 is 0 Å². The lowest BCUT2D eigenvalue weighted by atomic mass is 10.2. The predicted octanol–water partition coefficient (Wildman–Crippen LogP) is 1.19. The summed E-state index contributed by atoms with van der Waals surface area (Å²) in [5.74, 6) is 1.54. The molecule has 0 amide bonds. The van der Waals surface area contributed by atoms with Crippen molar-refractivity contribution in [3.8, 4) is 5.95 Å². The number of aromatic nitrogens is 6. The third-order valence-corrected chi connectivity index (χ3v) is 4.71. The van der Waals surface area contributed by atoms with Crippen LogP contribution in [0.3, 0.4) is 0 Å². The molecule has 2 aromatic rings. The summed E-state index contributed by atoms with van der Waals surface area (Å²) in [4.78, 5) is 17.0. The Hall–Kier alpha value is -1.90. The fraction of sp³-hybridized carbons (Fsp3) is 0.583. The molecule has 2 heterocycles. The monoisotopic (exact) mass is 306 g/mol. The van der Waals surface area contributed by atoms with Gasteiger partial charge in [0.15, 0.2) is 0 Å². The van der Waals surface area contributed by atoms with Crippen molar-refractivity contribution >= 4 is 23.7 Å². The molecular formula is C12H18N8S. The summed E-state index contributed by atoms with van der Waals surface area (Å²) in [7, 11) is 1.78. The Morgan fingerprint density at radius 3 is 2.81 bits per heavy atom. The molecule has 0 bridgehead atoms. The standard InChI is InChI=1S/C12H18N8S/c1-13-10-17-11(16-8-4-3-5-9(8)21-2)19-12(18-10)20-7-14-6-15-20/h6-9H,3-5H2,1-2H3,(H2,13,16,17,18,19). The van der Waals surface area contributed by atoms with Crippen LogP contribution in [-0.2, 0) is 0 Å². The van der Waals surface area contributed by atoms with Crippen molar-refractivity contribution in [1.29, 1.82) is 0 Å². The molecule has 2 aromatic heterocycles. The maximum atomic E-state index is 4.43. The van der Waals surface area contributed by atoms with Crippen molar-refractivity contribution in [3.63, 3.8) is 0 Å². The van der Waals surface area contributed by atoms with Crippen molar-refractivity contribution in [1.82, 2.24) is 29.7 Å². The van der Waals surface area contributed by atoms with E-state index in [0.717, 1.165) is 6.42 Å². The van der Waals surface area contributed by atoms with Gasteiger partial charge in [-0.25, -0.2) is 4.98 Å². The number of nitrogens with one attached hydrogen (secondary N) is 2. The second-order valence-corrected chi connectivity index (χ2v) is 5.91. The van der Waals surface area contributed by atoms with Crippen LogP contribution < -0.4 is 10.6 Å². The topological polar surface area (TPSA) is 93.4 Å². The van der Waals surface area contributed by atoms with Gasteiger partial charge in [0.25, 0.3) is 5.95 Å². The average molecular weight is 306 g/mol. The molecule has 0 aromatic carbocycles. The lowest BCUT2D eigenvalue weighted by Crippen LogP contribution is -2.27. The number of anilines is 2. The molecule has 2 atom stereocenters. The van der Waals surface area contributed by atoms with Crippen molar-refractivity contribution in [2.45, 2.75) is 30.6 Å². The molecule has 112 valence electrons. The Kier molecular flexibility index (Phi) is 4.18. The molecule has 8 nitrogen and oxygen atoms in total. The first-order chi connectivity index (χ1) is 10.3. The van der Waals surface area contributed by atoms with Gasteiger partial charge in [0.05, 0.1) is 0 Å². The highest BCUT2D eigenvalue weighted by molar-refractivity contribution is 7.99. The molecule has 2 N–H and O–H groups in total. The van der Waals surface area contributed by atoms with Gasteiger partial charge in [-0.1, -0.05) is 6.42 Å². The first kappa shape index (κ1) is 14.1. The molecule has 9 heteroatoms. The van der Waals surface area contributed by atoms with E-state index in [1.807, 2.05) is 11.8 Å². The van der Waals surface area contributed by atoms with Crippen molar-refractivity contribution in [3.05, 3.63) is 12.7 Å². The highest BCUT2D eigenvalue weighted by Gasteiger charge is 2.27. The smallest absolute Gasteiger partial charge is 0.258 e. The zero-order valence-electron chi connectivity index (χ0n) is 12.0. The molecule has 1 aliphatic carbocycles. The van der Waals surface area contributed by atoms with E-state index in [2.05, 4.69) is 41.9 Å². The molecule has 1 aliphatic rings. The molecule has 2 unspecified atom stereocenters. The Labute approximate surface area is 127 Å². The number of rotatable bonds is 5. The van der Waals surface area contributed by atoms with Gasteiger partial charge in [0, 0.05) is 18.3 Å². The molecular weight excluding hydrogens is 288 g/mol. The average Bonchev–Trinajstić information content (AvgIpc) is 3.18. The van der Waals surface area contributed by atoms with Crippen LogP contribution in [0.2, 0.25) is 0 Å². The van der Waals surface area contributed by atoms with Gasteiger partial charge in [0.2, 0.25) is 11.9 Å². The van der Waals surface area contributed by atoms with E-state index in [1.165, 1.54) is 23.9 Å². The number of hydrogen-bond donors (Lipinski definition) is 2. The number of nitrogens with zero attached hydrogens (tertiary/aromatic N) is 6. The number of hydrogen-bond acceptors (Lipinski definition) is 8. The minimum atomic E-state index is 0.399. The highest BCUT2D eigenvalue weighted by Crippen LogP contribution is 2.30. The lowest BCUT2D eigenvalue weighted by molar-refractivity contribution is 0.743. The Morgan fingerprint density at radius 1 is 1.24 bits per heavy atom. The van der Waals surface area contributed by atoms with E-state index < -0.39 is 0 Å². The van der Waals surface area contributed by atoms with E-state index in [-0.39, 0.29) is 0 Å². The lowest BCUT2D eigenvalue weighted by Gasteiger charge is -2.19. The predicted molar refractivity (Wildman–Crippen MR) is 82.9 cm³/mol. The SMILES string of the molecule is CNc1nc(NC2CCCC2SC)nc(-n2cncn2)n1. The van der Waals surface area contributed by atoms with Gasteiger partial charge in [0.1, 0.15) is 12.7 Å². The summed E-state index contributed by atoms with van der Waals surface area (Å²) in [6, 6.07) is 0.399. The van der Waals surface area contributed by atoms with Gasteiger partial charge < -0.3 is 10.6 Å². The largest absolute Gasteiger partial charge is 0.357 e. The van der Waals surface area contributed by atoms with Crippen molar-refractivity contribution in [2.75, 3.05) is 23.9 Å². The maximum Gasteiger partial charge on any atom is 0.258 e. The molecule has 0 spiro atoms. The van der Waals surface area contributed by atoms with Crippen LogP contribution in [0.5, 0.6) is 0 Å². The van der Waals surface area contributed by atoms with Crippen LogP contribution >= 0.6 is 11.8 Å². The zero-order valence-corrected chi connectivity index (χ0v) is 12.8. The third-order valence-electron chi connectivity index (χ3n) is 3.54. The Balaban J connectivity index is 1.86. The second-order valence-electron chi connectivity index (χ2n) is 4.83. The molecule has 0 radical (unpaired) electrons. The first-order valence-corrected chi connectivity index (χ1v) is 8.17. The van der Waals surface area contributed by atoms with Gasteiger partial charge >= 0.3 is 0 Å². The highest BCUT2D eigenvalue weighted by atomic mass is 32.2. The summed E-state index contributed by atoms with van der Waals surface area (Å²) in [5.41, 5.74) is 0. The van der Waals surface area contributed by atoms with Crippen LogP contribution in [0.25, 0.3) is 5.95 Å². The van der Waals surface area contributed by atoms with Crippen LogP contribution in [0.1, 0.15) is 19.3 Å². The van der Waals surface area contributed by atoms with E-state index in [4.69, 9.17) is 0 Å².